The fourth-order valence-corrected chi connectivity index (χ4v) is 5.29. The molecule has 1 N–H and O–H groups in total. The first-order valence-electron chi connectivity index (χ1n) is 9.85. The molecular weight excluding hydrogens is 443 g/mol. The van der Waals surface area contributed by atoms with E-state index < -0.39 is 21.6 Å². The van der Waals surface area contributed by atoms with Crippen molar-refractivity contribution in [1.82, 2.24) is 4.31 Å². The number of carbonyl (C=O) groups is 1. The van der Waals surface area contributed by atoms with Gasteiger partial charge in [0.25, 0.3) is 0 Å². The lowest BCUT2D eigenvalue weighted by molar-refractivity contribution is -0.120. The van der Waals surface area contributed by atoms with Gasteiger partial charge >= 0.3 is 0 Å². The van der Waals surface area contributed by atoms with Crippen LogP contribution in [0.15, 0.2) is 55.1 Å². The molecule has 0 saturated carbocycles. The van der Waals surface area contributed by atoms with Crippen molar-refractivity contribution in [2.24, 2.45) is 5.92 Å². The molecule has 3 rings (SSSR count). The maximum Gasteiger partial charge on any atom is 0.227 e. The third kappa shape index (κ3) is 6.06. The Labute approximate surface area is 186 Å². The number of anilines is 1. The van der Waals surface area contributed by atoms with Crippen molar-refractivity contribution in [2.75, 3.05) is 25.0 Å². The van der Waals surface area contributed by atoms with E-state index in [4.69, 9.17) is 16.3 Å². The number of sulfonamides is 1. The minimum atomic E-state index is -3.75. The molecule has 166 valence electrons. The van der Waals surface area contributed by atoms with E-state index in [1.54, 1.807) is 30.3 Å². The summed E-state index contributed by atoms with van der Waals surface area (Å²) in [5, 5.41) is 2.94. The van der Waals surface area contributed by atoms with Crippen LogP contribution in [0.4, 0.5) is 10.1 Å². The Morgan fingerprint density at radius 2 is 1.90 bits per heavy atom. The minimum Gasteiger partial charge on any atom is -0.490 e. The highest BCUT2D eigenvalue weighted by Gasteiger charge is 2.32. The Balaban J connectivity index is 1.54. The van der Waals surface area contributed by atoms with Crippen LogP contribution in [0.2, 0.25) is 5.02 Å². The fraction of sp³-hybridized carbons (Fsp3) is 0.318. The first kappa shape index (κ1) is 23.2. The Morgan fingerprint density at radius 1 is 1.23 bits per heavy atom. The third-order valence-corrected chi connectivity index (χ3v) is 7.26. The summed E-state index contributed by atoms with van der Waals surface area (Å²) in [4.78, 5) is 12.6. The van der Waals surface area contributed by atoms with Crippen molar-refractivity contribution in [3.8, 4) is 5.75 Å². The molecule has 1 saturated heterocycles. The van der Waals surface area contributed by atoms with E-state index in [1.807, 2.05) is 0 Å². The quantitative estimate of drug-likeness (QED) is 0.591. The van der Waals surface area contributed by atoms with Crippen LogP contribution in [0.5, 0.6) is 5.75 Å². The number of hydrogen-bond donors (Lipinski definition) is 1. The molecule has 2 aromatic rings. The second-order valence-corrected chi connectivity index (χ2v) is 9.62. The standard InChI is InChI=1S/C22H24ClFN2O4S/c1-2-14-30-18-8-6-17(7-9-18)25-22(27)16-10-12-26(13-11-16)31(28,29)15-19-20(23)4-3-5-21(19)24/h2-9,16H,1,10-15H2,(H,25,27). The molecule has 0 aromatic heterocycles. The van der Waals surface area contributed by atoms with Crippen molar-refractivity contribution < 1.29 is 22.3 Å². The van der Waals surface area contributed by atoms with E-state index in [0.717, 1.165) is 0 Å². The van der Waals surface area contributed by atoms with Gasteiger partial charge in [0.2, 0.25) is 15.9 Å². The Hall–Kier alpha value is -2.42. The average Bonchev–Trinajstić information content (AvgIpc) is 2.76. The molecule has 2 aromatic carbocycles. The largest absolute Gasteiger partial charge is 0.490 e. The first-order valence-corrected chi connectivity index (χ1v) is 11.8. The Bertz CT molecular complexity index is 1020. The molecule has 0 bridgehead atoms. The van der Waals surface area contributed by atoms with Gasteiger partial charge in [-0.25, -0.2) is 17.1 Å². The Morgan fingerprint density at radius 3 is 2.52 bits per heavy atom. The van der Waals surface area contributed by atoms with Gasteiger partial charge < -0.3 is 10.1 Å². The molecule has 1 aliphatic heterocycles. The van der Waals surface area contributed by atoms with Crippen LogP contribution < -0.4 is 10.1 Å². The number of nitrogens with zero attached hydrogens (tertiary/aromatic N) is 1. The lowest BCUT2D eigenvalue weighted by atomic mass is 9.97. The highest BCUT2D eigenvalue weighted by Crippen LogP contribution is 2.26. The van der Waals surface area contributed by atoms with E-state index in [0.29, 0.717) is 30.9 Å². The molecule has 6 nitrogen and oxygen atoms in total. The third-order valence-electron chi connectivity index (χ3n) is 5.10. The maximum atomic E-state index is 14.0. The second kappa shape index (κ2) is 10.3. The summed E-state index contributed by atoms with van der Waals surface area (Å²) in [5.74, 6) is -0.943. The minimum absolute atomic E-state index is 0.0375. The van der Waals surface area contributed by atoms with Gasteiger partial charge in [0.15, 0.2) is 0 Å². The maximum absolute atomic E-state index is 14.0. The number of benzene rings is 2. The van der Waals surface area contributed by atoms with Crippen molar-refractivity contribution in [3.63, 3.8) is 0 Å². The summed E-state index contributed by atoms with van der Waals surface area (Å²) >= 11 is 5.96. The number of rotatable bonds is 8. The highest BCUT2D eigenvalue weighted by molar-refractivity contribution is 7.88. The molecule has 0 spiro atoms. The van der Waals surface area contributed by atoms with E-state index >= 15 is 0 Å². The summed E-state index contributed by atoms with van der Waals surface area (Å²) in [6.07, 6.45) is 2.42. The monoisotopic (exact) mass is 466 g/mol. The highest BCUT2D eigenvalue weighted by atomic mass is 35.5. The number of nitrogens with one attached hydrogen (secondary N) is 1. The van der Waals surface area contributed by atoms with Gasteiger partial charge in [-0.05, 0) is 49.2 Å². The number of amides is 1. The van der Waals surface area contributed by atoms with E-state index in [1.165, 1.54) is 22.5 Å². The van der Waals surface area contributed by atoms with E-state index in [9.17, 15) is 17.6 Å². The van der Waals surface area contributed by atoms with Crippen molar-refractivity contribution in [3.05, 3.63) is 71.5 Å². The van der Waals surface area contributed by atoms with Crippen LogP contribution in [0.3, 0.4) is 0 Å². The normalized spacial score (nSPS) is 15.4. The Kier molecular flexibility index (Phi) is 7.69. The first-order chi connectivity index (χ1) is 14.8. The number of carbonyl (C=O) groups excluding carboxylic acids is 1. The smallest absolute Gasteiger partial charge is 0.227 e. The lowest BCUT2D eigenvalue weighted by Gasteiger charge is -2.30. The fourth-order valence-electron chi connectivity index (χ4n) is 3.37. The van der Waals surface area contributed by atoms with Crippen LogP contribution >= 0.6 is 11.6 Å². The second-order valence-electron chi connectivity index (χ2n) is 7.24. The summed E-state index contributed by atoms with van der Waals surface area (Å²) in [6, 6.07) is 11.1. The number of halogens is 2. The van der Waals surface area contributed by atoms with Crippen LogP contribution in [-0.2, 0) is 20.6 Å². The molecule has 9 heteroatoms. The number of piperidine rings is 1. The van der Waals surface area contributed by atoms with E-state index in [-0.39, 0.29) is 35.5 Å². The molecule has 31 heavy (non-hydrogen) atoms. The van der Waals surface area contributed by atoms with Gasteiger partial charge in [-0.2, -0.15) is 0 Å². The van der Waals surface area contributed by atoms with Crippen LogP contribution in [-0.4, -0.2) is 38.3 Å². The van der Waals surface area contributed by atoms with Crippen molar-refractivity contribution in [1.29, 1.82) is 0 Å². The van der Waals surface area contributed by atoms with Gasteiger partial charge in [-0.3, -0.25) is 4.79 Å². The molecule has 0 radical (unpaired) electrons. The van der Waals surface area contributed by atoms with Crippen LogP contribution in [0.25, 0.3) is 0 Å². The molecular formula is C22H24ClFN2O4S. The topological polar surface area (TPSA) is 75.7 Å². The zero-order chi connectivity index (χ0) is 22.4. The molecule has 0 unspecified atom stereocenters. The predicted octanol–water partition coefficient (Wildman–Crippen LogP) is 4.22. The molecule has 1 fully saturated rings. The summed E-state index contributed by atoms with van der Waals surface area (Å²) in [5.41, 5.74) is 0.602. The van der Waals surface area contributed by atoms with Crippen LogP contribution in [0.1, 0.15) is 18.4 Å². The van der Waals surface area contributed by atoms with Gasteiger partial charge in [0, 0.05) is 35.3 Å². The zero-order valence-corrected chi connectivity index (χ0v) is 18.5. The lowest BCUT2D eigenvalue weighted by Crippen LogP contribution is -2.42. The molecule has 1 aliphatic rings. The molecule has 1 amide bonds. The molecule has 0 aliphatic carbocycles. The van der Waals surface area contributed by atoms with Crippen LogP contribution in [0, 0.1) is 11.7 Å². The van der Waals surface area contributed by atoms with E-state index in [2.05, 4.69) is 11.9 Å². The summed E-state index contributed by atoms with van der Waals surface area (Å²) in [6.45, 7) is 4.38. The average molecular weight is 467 g/mol. The number of ether oxygens (including phenoxy) is 1. The van der Waals surface area contributed by atoms with Gasteiger partial charge in [0.1, 0.15) is 18.2 Å². The SMILES string of the molecule is C=CCOc1ccc(NC(=O)C2CCN(S(=O)(=O)Cc3c(F)cccc3Cl)CC2)cc1. The molecule has 1 heterocycles. The van der Waals surface area contributed by atoms with Crippen molar-refractivity contribution >= 4 is 33.2 Å². The zero-order valence-electron chi connectivity index (χ0n) is 16.9. The van der Waals surface area contributed by atoms with Gasteiger partial charge in [0.05, 0.1) is 5.75 Å². The molecule has 0 atom stereocenters. The predicted molar refractivity (Wildman–Crippen MR) is 119 cm³/mol. The van der Waals surface area contributed by atoms with Gasteiger partial charge in [-0.1, -0.05) is 30.3 Å². The van der Waals surface area contributed by atoms with Gasteiger partial charge in [-0.15, -0.1) is 0 Å². The number of hydrogen-bond acceptors (Lipinski definition) is 4. The summed E-state index contributed by atoms with van der Waals surface area (Å²) in [7, 11) is -3.75. The van der Waals surface area contributed by atoms with Crippen molar-refractivity contribution in [2.45, 2.75) is 18.6 Å². The summed E-state index contributed by atoms with van der Waals surface area (Å²) < 4.78 is 46.1.